The molecule has 0 radical (unpaired) electrons. The van der Waals surface area contributed by atoms with E-state index in [4.69, 9.17) is 13.9 Å². The van der Waals surface area contributed by atoms with Gasteiger partial charge in [-0.1, -0.05) is 30.3 Å². The molecular weight excluding hydrogens is 372 g/mol. The Morgan fingerprint density at radius 1 is 1.07 bits per heavy atom. The zero-order valence-corrected chi connectivity index (χ0v) is 15.9. The van der Waals surface area contributed by atoms with Crippen molar-refractivity contribution in [2.45, 2.75) is 25.9 Å². The zero-order valence-electron chi connectivity index (χ0n) is 15.9. The van der Waals surface area contributed by atoms with E-state index in [1.807, 2.05) is 61.5 Å². The molecule has 1 saturated heterocycles. The number of hydrogen-bond acceptors (Lipinski definition) is 6. The number of cyclic esters (lactones) is 1. The number of nitrogens with one attached hydrogen (secondary N) is 1. The third-order valence-electron chi connectivity index (χ3n) is 4.63. The van der Waals surface area contributed by atoms with Crippen molar-refractivity contribution in [3.8, 4) is 17.2 Å². The topological polar surface area (TPSA) is 90.7 Å². The Morgan fingerprint density at radius 3 is 2.52 bits per heavy atom. The maximum absolute atomic E-state index is 11.6. The van der Waals surface area contributed by atoms with Crippen LogP contribution in [-0.4, -0.2) is 29.7 Å². The average Bonchev–Trinajstić information content (AvgIpc) is 3.25. The highest BCUT2D eigenvalue weighted by molar-refractivity contribution is 6.00. The summed E-state index contributed by atoms with van der Waals surface area (Å²) in [5.74, 6) is 1.70. The minimum absolute atomic E-state index is 0.332. The predicted molar refractivity (Wildman–Crippen MR) is 104 cm³/mol. The Labute approximate surface area is 167 Å². The highest BCUT2D eigenvalue weighted by Gasteiger charge is 2.31. The maximum atomic E-state index is 11.6. The Balaban J connectivity index is 1.30. The average molecular weight is 392 g/mol. The van der Waals surface area contributed by atoms with Crippen molar-refractivity contribution < 1.29 is 23.5 Å². The molecule has 0 spiro atoms. The molecule has 1 aliphatic rings. The van der Waals surface area contributed by atoms with Gasteiger partial charge < -0.3 is 13.9 Å². The van der Waals surface area contributed by atoms with Crippen molar-refractivity contribution >= 4 is 12.0 Å². The van der Waals surface area contributed by atoms with Gasteiger partial charge in [0, 0.05) is 18.4 Å². The van der Waals surface area contributed by atoms with E-state index in [9.17, 15) is 9.59 Å². The van der Waals surface area contributed by atoms with E-state index in [1.54, 1.807) is 0 Å². The molecule has 2 amide bonds. The summed E-state index contributed by atoms with van der Waals surface area (Å²) in [6.07, 6.45) is -0.512. The highest BCUT2D eigenvalue weighted by atomic mass is 16.6. The van der Waals surface area contributed by atoms with Gasteiger partial charge in [0.05, 0.1) is 12.3 Å². The molecule has 0 saturated carbocycles. The Morgan fingerprint density at radius 2 is 1.83 bits per heavy atom. The number of benzene rings is 2. The summed E-state index contributed by atoms with van der Waals surface area (Å²) in [6.45, 7) is 2.36. The molecule has 29 heavy (non-hydrogen) atoms. The van der Waals surface area contributed by atoms with Crippen LogP contribution in [-0.2, 0) is 22.4 Å². The molecule has 1 fully saturated rings. The fourth-order valence-corrected chi connectivity index (χ4v) is 3.09. The molecule has 0 bridgehead atoms. The molecule has 2 heterocycles. The first-order valence-corrected chi connectivity index (χ1v) is 9.33. The number of carbonyl (C=O) groups is 2. The van der Waals surface area contributed by atoms with Crippen LogP contribution in [0.2, 0.25) is 0 Å². The first-order valence-electron chi connectivity index (χ1n) is 9.33. The van der Waals surface area contributed by atoms with Crippen LogP contribution >= 0.6 is 0 Å². The number of ether oxygens (including phenoxy) is 2. The summed E-state index contributed by atoms with van der Waals surface area (Å²) in [7, 11) is 0. The summed E-state index contributed by atoms with van der Waals surface area (Å²) < 4.78 is 16.5. The number of carbonyl (C=O) groups excluding carboxylic acids is 2. The van der Waals surface area contributed by atoms with Crippen molar-refractivity contribution in [2.75, 3.05) is 6.61 Å². The number of imide groups is 1. The van der Waals surface area contributed by atoms with Crippen LogP contribution in [0.25, 0.3) is 11.5 Å². The van der Waals surface area contributed by atoms with Crippen molar-refractivity contribution in [1.29, 1.82) is 0 Å². The van der Waals surface area contributed by atoms with Gasteiger partial charge in [-0.2, -0.15) is 0 Å². The number of alkyl carbamates (subject to hydrolysis) is 1. The van der Waals surface area contributed by atoms with Gasteiger partial charge in [-0.3, -0.25) is 10.1 Å². The second kappa shape index (κ2) is 8.18. The van der Waals surface area contributed by atoms with Crippen molar-refractivity contribution in [3.63, 3.8) is 0 Å². The first-order chi connectivity index (χ1) is 14.1. The number of hydrogen-bond donors (Lipinski definition) is 1. The van der Waals surface area contributed by atoms with Gasteiger partial charge in [0.1, 0.15) is 11.5 Å². The number of oxazole rings is 1. The molecule has 0 aliphatic carbocycles. The molecule has 1 atom stereocenters. The number of amides is 2. The quantitative estimate of drug-likeness (QED) is 0.662. The lowest BCUT2D eigenvalue weighted by Crippen LogP contribution is -2.25. The normalized spacial score (nSPS) is 15.8. The number of aryl methyl sites for hydroxylation is 1. The lowest BCUT2D eigenvalue weighted by molar-refractivity contribution is -0.123. The summed E-state index contributed by atoms with van der Waals surface area (Å²) in [5, 5.41) is 2.12. The number of aromatic nitrogens is 1. The summed E-state index contributed by atoms with van der Waals surface area (Å²) in [6, 6.07) is 17.1. The summed E-state index contributed by atoms with van der Waals surface area (Å²) in [5.41, 5.74) is 2.70. The number of nitrogens with zero attached hydrogens (tertiary/aromatic N) is 1. The van der Waals surface area contributed by atoms with Crippen LogP contribution in [0.15, 0.2) is 59.0 Å². The molecule has 7 nitrogen and oxygen atoms in total. The molecule has 4 rings (SSSR count). The van der Waals surface area contributed by atoms with Crippen LogP contribution in [0.3, 0.4) is 0 Å². The van der Waals surface area contributed by atoms with Gasteiger partial charge in [0.25, 0.3) is 5.91 Å². The molecule has 1 aromatic heterocycles. The third-order valence-corrected chi connectivity index (χ3v) is 4.63. The molecule has 1 aliphatic heterocycles. The van der Waals surface area contributed by atoms with Gasteiger partial charge in [-0.05, 0) is 36.8 Å². The fraction of sp³-hybridized carbons (Fsp3) is 0.227. The lowest BCUT2D eigenvalue weighted by atomic mass is 10.1. The first kappa shape index (κ1) is 18.7. The highest BCUT2D eigenvalue weighted by Crippen LogP contribution is 2.22. The van der Waals surface area contributed by atoms with E-state index in [1.165, 1.54) is 0 Å². The monoisotopic (exact) mass is 392 g/mol. The smallest absolute Gasteiger partial charge is 0.414 e. The van der Waals surface area contributed by atoms with E-state index in [0.717, 1.165) is 22.6 Å². The van der Waals surface area contributed by atoms with Crippen LogP contribution in [0.5, 0.6) is 5.75 Å². The predicted octanol–water partition coefficient (Wildman–Crippen LogP) is 3.45. The zero-order chi connectivity index (χ0) is 20.2. The van der Waals surface area contributed by atoms with E-state index >= 15 is 0 Å². The molecule has 148 valence electrons. The van der Waals surface area contributed by atoms with Crippen molar-refractivity contribution in [1.82, 2.24) is 10.3 Å². The minimum atomic E-state index is -0.775. The SMILES string of the molecule is Cc1oc(-c2ccccc2)nc1CCOc1ccc(CC2OC(=O)NC2=O)cc1. The summed E-state index contributed by atoms with van der Waals surface area (Å²) >= 11 is 0. The van der Waals surface area contributed by atoms with E-state index < -0.39 is 18.1 Å². The maximum Gasteiger partial charge on any atom is 0.414 e. The van der Waals surface area contributed by atoms with Crippen molar-refractivity contribution in [3.05, 3.63) is 71.6 Å². The Kier molecular flexibility index (Phi) is 5.29. The fourth-order valence-electron chi connectivity index (χ4n) is 3.09. The van der Waals surface area contributed by atoms with Crippen LogP contribution < -0.4 is 10.1 Å². The molecule has 1 unspecified atom stereocenters. The van der Waals surface area contributed by atoms with E-state index in [2.05, 4.69) is 10.3 Å². The molecule has 2 aromatic carbocycles. The van der Waals surface area contributed by atoms with E-state index in [0.29, 0.717) is 31.1 Å². The second-order valence-corrected chi connectivity index (χ2v) is 6.72. The Bertz CT molecular complexity index is 1010. The Hall–Kier alpha value is -3.61. The molecular formula is C22H20N2O5. The number of rotatable bonds is 7. The van der Waals surface area contributed by atoms with Crippen LogP contribution in [0.4, 0.5) is 4.79 Å². The van der Waals surface area contributed by atoms with Crippen molar-refractivity contribution in [2.24, 2.45) is 0 Å². The molecule has 1 N–H and O–H groups in total. The van der Waals surface area contributed by atoms with Gasteiger partial charge in [-0.25, -0.2) is 9.78 Å². The van der Waals surface area contributed by atoms with Crippen LogP contribution in [0.1, 0.15) is 17.0 Å². The minimum Gasteiger partial charge on any atom is -0.493 e. The second-order valence-electron chi connectivity index (χ2n) is 6.72. The van der Waals surface area contributed by atoms with Gasteiger partial charge >= 0.3 is 6.09 Å². The van der Waals surface area contributed by atoms with Gasteiger partial charge in [-0.15, -0.1) is 0 Å². The van der Waals surface area contributed by atoms with Crippen LogP contribution in [0, 0.1) is 6.92 Å². The largest absolute Gasteiger partial charge is 0.493 e. The summed E-state index contributed by atoms with van der Waals surface area (Å²) in [4.78, 5) is 27.2. The molecule has 3 aromatic rings. The lowest BCUT2D eigenvalue weighted by Gasteiger charge is -2.08. The van der Waals surface area contributed by atoms with Gasteiger partial charge in [0.15, 0.2) is 6.10 Å². The van der Waals surface area contributed by atoms with Gasteiger partial charge in [0.2, 0.25) is 5.89 Å². The standard InChI is InChI=1S/C22H20N2O5/c1-14-18(23-21(28-14)16-5-3-2-4-6-16)11-12-27-17-9-7-15(8-10-17)13-19-20(25)24-22(26)29-19/h2-10,19H,11-13H2,1H3,(H,24,25,26). The molecule has 7 heteroatoms. The van der Waals surface area contributed by atoms with E-state index in [-0.39, 0.29) is 0 Å². The third kappa shape index (κ3) is 4.45.